The van der Waals surface area contributed by atoms with E-state index in [0.717, 1.165) is 22.5 Å². The zero-order valence-electron chi connectivity index (χ0n) is 31.4. The highest BCUT2D eigenvalue weighted by Crippen LogP contribution is 2.23. The Morgan fingerprint density at radius 2 is 1.49 bits per heavy atom. The van der Waals surface area contributed by atoms with Gasteiger partial charge in [0.1, 0.15) is 12.1 Å². The standard InChI is InChI=1S/C40H55N7O6/c1-6-27(3)35(43-39(51)52)37(49)44-46(24-31-18-12-9-13-19-31)26-34(48)33(23-30-16-10-8-11-17-30)42-38(50)36(28(4)7-2)47-22-21-45(40(47)53)25-32-20-14-15-29(5)41-32/h8-20,27-28,33-36,43,48H,6-7,21-26H2,1-5H3,(H,42,50)(H,44,49)(H,51,52). The van der Waals surface area contributed by atoms with E-state index in [2.05, 4.69) is 21.0 Å². The second kappa shape index (κ2) is 19.7. The number of nitrogens with zero attached hydrogens (tertiary/aromatic N) is 4. The molecule has 13 nitrogen and oxygen atoms in total. The molecule has 6 unspecified atom stereocenters. The molecule has 0 radical (unpaired) electrons. The van der Waals surface area contributed by atoms with E-state index >= 15 is 0 Å². The molecule has 1 fully saturated rings. The Hall–Kier alpha value is -5.01. The van der Waals surface area contributed by atoms with Gasteiger partial charge in [-0.1, -0.05) is 107 Å². The zero-order chi connectivity index (χ0) is 38.5. The smallest absolute Gasteiger partial charge is 0.405 e. The molecule has 53 heavy (non-hydrogen) atoms. The maximum absolute atomic E-state index is 14.4. The minimum Gasteiger partial charge on any atom is -0.465 e. The lowest BCUT2D eigenvalue weighted by atomic mass is 9.95. The molecule has 0 saturated carbocycles. The van der Waals surface area contributed by atoms with Crippen molar-refractivity contribution in [3.63, 3.8) is 0 Å². The normalized spacial score (nSPS) is 16.4. The predicted octanol–water partition coefficient (Wildman–Crippen LogP) is 4.35. The summed E-state index contributed by atoms with van der Waals surface area (Å²) in [5.74, 6) is -1.40. The number of urea groups is 1. The Kier molecular flexibility index (Phi) is 15.2. The van der Waals surface area contributed by atoms with Crippen LogP contribution in [0.2, 0.25) is 0 Å². The molecule has 1 saturated heterocycles. The van der Waals surface area contributed by atoms with Crippen molar-refractivity contribution in [2.45, 2.75) is 91.2 Å². The number of hydrazine groups is 1. The summed E-state index contributed by atoms with van der Waals surface area (Å²) in [6, 6.07) is 21.7. The maximum atomic E-state index is 14.4. The van der Waals surface area contributed by atoms with Crippen LogP contribution in [0.25, 0.3) is 0 Å². The molecular weight excluding hydrogens is 674 g/mol. The average Bonchev–Trinajstić information content (AvgIpc) is 3.48. The number of benzene rings is 2. The first-order chi connectivity index (χ1) is 25.4. The number of carbonyl (C=O) groups is 4. The molecule has 1 aliphatic rings. The second-order valence-electron chi connectivity index (χ2n) is 14.0. The molecule has 0 bridgehead atoms. The van der Waals surface area contributed by atoms with Gasteiger partial charge in [0.2, 0.25) is 5.91 Å². The van der Waals surface area contributed by atoms with Crippen LogP contribution in [-0.2, 0) is 29.1 Å². The molecule has 2 heterocycles. The molecule has 3 aromatic rings. The minimum atomic E-state index is -1.31. The molecule has 6 atom stereocenters. The van der Waals surface area contributed by atoms with Gasteiger partial charge in [-0.25, -0.2) is 14.6 Å². The van der Waals surface area contributed by atoms with Crippen molar-refractivity contribution >= 4 is 23.9 Å². The highest BCUT2D eigenvalue weighted by Gasteiger charge is 2.41. The number of amides is 5. The maximum Gasteiger partial charge on any atom is 0.405 e. The summed E-state index contributed by atoms with van der Waals surface area (Å²) in [7, 11) is 0. The van der Waals surface area contributed by atoms with E-state index in [1.165, 1.54) is 0 Å². The SMILES string of the molecule is CCC(C)C(NC(=O)O)C(=O)NN(Cc1ccccc1)CC(O)C(Cc1ccccc1)NC(=O)C(C(C)CC)N1CCN(Cc2cccc(C)n2)C1=O. The summed E-state index contributed by atoms with van der Waals surface area (Å²) in [5, 5.41) is 28.4. The fourth-order valence-electron chi connectivity index (χ4n) is 6.61. The topological polar surface area (TPSA) is 167 Å². The number of aryl methyl sites for hydroxylation is 1. The summed E-state index contributed by atoms with van der Waals surface area (Å²) < 4.78 is 0. The van der Waals surface area contributed by atoms with Gasteiger partial charge in [-0.15, -0.1) is 0 Å². The van der Waals surface area contributed by atoms with Gasteiger partial charge >= 0.3 is 12.1 Å². The lowest BCUT2D eigenvalue weighted by molar-refractivity contribution is -0.132. The lowest BCUT2D eigenvalue weighted by Crippen LogP contribution is -2.59. The van der Waals surface area contributed by atoms with Crippen molar-refractivity contribution in [2.24, 2.45) is 11.8 Å². The second-order valence-corrected chi connectivity index (χ2v) is 14.0. The summed E-state index contributed by atoms with van der Waals surface area (Å²) >= 11 is 0. The highest BCUT2D eigenvalue weighted by atomic mass is 16.4. The molecule has 1 aromatic heterocycles. The molecule has 5 amide bonds. The molecule has 0 spiro atoms. The number of hydrogen-bond acceptors (Lipinski definition) is 7. The van der Waals surface area contributed by atoms with Gasteiger partial charge in [-0.05, 0) is 48.4 Å². The number of aromatic nitrogens is 1. The van der Waals surface area contributed by atoms with Crippen molar-refractivity contribution in [1.82, 2.24) is 35.9 Å². The van der Waals surface area contributed by atoms with E-state index in [1.807, 2.05) is 107 Å². The number of hydrogen-bond donors (Lipinski definition) is 5. The molecule has 286 valence electrons. The largest absolute Gasteiger partial charge is 0.465 e. The highest BCUT2D eigenvalue weighted by molar-refractivity contribution is 5.88. The van der Waals surface area contributed by atoms with E-state index in [4.69, 9.17) is 0 Å². The summed E-state index contributed by atoms with van der Waals surface area (Å²) in [6.45, 7) is 10.8. The van der Waals surface area contributed by atoms with Crippen molar-refractivity contribution in [3.05, 3.63) is 101 Å². The Morgan fingerprint density at radius 1 is 0.849 bits per heavy atom. The van der Waals surface area contributed by atoms with Crippen LogP contribution < -0.4 is 16.1 Å². The number of pyridine rings is 1. The van der Waals surface area contributed by atoms with E-state index in [0.29, 0.717) is 32.5 Å². The Morgan fingerprint density at radius 3 is 2.09 bits per heavy atom. The number of carbonyl (C=O) groups excluding carboxylic acids is 3. The molecule has 1 aliphatic heterocycles. The molecule has 13 heteroatoms. The quantitative estimate of drug-likeness (QED) is 0.114. The van der Waals surface area contributed by atoms with E-state index in [9.17, 15) is 29.4 Å². The van der Waals surface area contributed by atoms with Gasteiger partial charge in [0.15, 0.2) is 0 Å². The number of rotatable bonds is 19. The first-order valence-corrected chi connectivity index (χ1v) is 18.5. The van der Waals surface area contributed by atoms with Crippen molar-refractivity contribution in [2.75, 3.05) is 19.6 Å². The number of nitrogens with one attached hydrogen (secondary N) is 3. The van der Waals surface area contributed by atoms with E-state index in [1.54, 1.807) is 21.7 Å². The number of aliphatic hydroxyl groups is 1. The Bertz CT molecular complexity index is 1640. The number of carboxylic acid groups (broad SMARTS) is 1. The zero-order valence-corrected chi connectivity index (χ0v) is 31.4. The molecule has 4 rings (SSSR count). The fraction of sp³-hybridized carbons (Fsp3) is 0.475. The van der Waals surface area contributed by atoms with E-state index in [-0.39, 0.29) is 43.3 Å². The Balaban J connectivity index is 1.58. The van der Waals surface area contributed by atoms with Gasteiger partial charge < -0.3 is 30.6 Å². The van der Waals surface area contributed by atoms with Crippen LogP contribution in [0.1, 0.15) is 63.1 Å². The minimum absolute atomic E-state index is 0.0906. The van der Waals surface area contributed by atoms with Crippen LogP contribution in [0.5, 0.6) is 0 Å². The fourth-order valence-corrected chi connectivity index (χ4v) is 6.61. The average molecular weight is 730 g/mol. The summed E-state index contributed by atoms with van der Waals surface area (Å²) in [5.41, 5.74) is 6.22. The van der Waals surface area contributed by atoms with Gasteiger partial charge in [0.05, 0.1) is 24.4 Å². The summed E-state index contributed by atoms with van der Waals surface area (Å²) in [4.78, 5) is 61.2. The van der Waals surface area contributed by atoms with Gasteiger partial charge in [-0.3, -0.25) is 20.0 Å². The summed E-state index contributed by atoms with van der Waals surface area (Å²) in [6.07, 6.45) is -1.02. The third-order valence-corrected chi connectivity index (χ3v) is 9.97. The van der Waals surface area contributed by atoms with Crippen LogP contribution in [0.4, 0.5) is 9.59 Å². The van der Waals surface area contributed by atoms with E-state index < -0.39 is 36.2 Å². The van der Waals surface area contributed by atoms with Crippen LogP contribution in [0.15, 0.2) is 78.9 Å². The molecular formula is C40H55N7O6. The third-order valence-electron chi connectivity index (χ3n) is 9.97. The van der Waals surface area contributed by atoms with Crippen molar-refractivity contribution in [3.8, 4) is 0 Å². The molecule has 5 N–H and O–H groups in total. The predicted molar refractivity (Wildman–Crippen MR) is 202 cm³/mol. The van der Waals surface area contributed by atoms with Crippen LogP contribution in [0, 0.1) is 18.8 Å². The first-order valence-electron chi connectivity index (χ1n) is 18.5. The van der Waals surface area contributed by atoms with Crippen LogP contribution in [0.3, 0.4) is 0 Å². The van der Waals surface area contributed by atoms with Crippen LogP contribution >= 0.6 is 0 Å². The van der Waals surface area contributed by atoms with Crippen LogP contribution in [-0.4, -0.2) is 97.8 Å². The Labute approximate surface area is 312 Å². The van der Waals surface area contributed by atoms with Crippen molar-refractivity contribution < 1.29 is 29.4 Å². The third kappa shape index (κ3) is 11.7. The lowest BCUT2D eigenvalue weighted by Gasteiger charge is -2.35. The monoisotopic (exact) mass is 729 g/mol. The first kappa shape index (κ1) is 40.8. The van der Waals surface area contributed by atoms with Crippen molar-refractivity contribution in [1.29, 1.82) is 0 Å². The van der Waals surface area contributed by atoms with Gasteiger partial charge in [0.25, 0.3) is 5.91 Å². The molecule has 2 aromatic carbocycles. The van der Waals surface area contributed by atoms with Gasteiger partial charge in [-0.2, -0.15) is 0 Å². The van der Waals surface area contributed by atoms with Gasteiger partial charge in [0, 0.05) is 31.9 Å². The number of aliphatic hydroxyl groups excluding tert-OH is 1. The molecule has 0 aliphatic carbocycles.